The highest BCUT2D eigenvalue weighted by Gasteiger charge is 1.96. The molecule has 0 spiro atoms. The van der Waals surface area contributed by atoms with E-state index in [9.17, 15) is 0 Å². The first-order chi connectivity index (χ1) is 7.85. The van der Waals surface area contributed by atoms with Crippen LogP contribution in [0.15, 0.2) is 24.8 Å². The van der Waals surface area contributed by atoms with Gasteiger partial charge in [-0.1, -0.05) is 57.3 Å². The monoisotopic (exact) mass is 224 g/mol. The van der Waals surface area contributed by atoms with Crippen LogP contribution in [-0.4, -0.2) is 13.2 Å². The van der Waals surface area contributed by atoms with E-state index in [-0.39, 0.29) is 6.10 Å². The van der Waals surface area contributed by atoms with Crippen molar-refractivity contribution < 1.29 is 4.74 Å². The van der Waals surface area contributed by atoms with Gasteiger partial charge in [-0.05, 0) is 19.3 Å². The molecule has 0 saturated heterocycles. The lowest BCUT2D eigenvalue weighted by Crippen LogP contribution is -2.03. The van der Waals surface area contributed by atoms with Crippen molar-refractivity contribution in [2.45, 2.75) is 64.4 Å². The summed E-state index contributed by atoms with van der Waals surface area (Å²) in [4.78, 5) is 0. The molecule has 0 bridgehead atoms. The number of methoxy groups -OCH3 is 1. The normalized spacial score (nSPS) is 13.1. The third kappa shape index (κ3) is 9.97. The lowest BCUT2D eigenvalue weighted by Gasteiger charge is -2.05. The van der Waals surface area contributed by atoms with Crippen LogP contribution in [-0.2, 0) is 4.74 Å². The summed E-state index contributed by atoms with van der Waals surface area (Å²) in [5, 5.41) is 0. The quantitative estimate of drug-likeness (QED) is 0.359. The number of unbranched alkanes of at least 4 members (excludes halogenated alkanes) is 6. The fourth-order valence-electron chi connectivity index (χ4n) is 1.68. The molecule has 94 valence electrons. The minimum Gasteiger partial charge on any atom is -0.377 e. The van der Waals surface area contributed by atoms with E-state index < -0.39 is 0 Å². The van der Waals surface area contributed by atoms with Crippen molar-refractivity contribution >= 4 is 0 Å². The molecule has 1 nitrogen and oxygen atoms in total. The summed E-state index contributed by atoms with van der Waals surface area (Å²) in [5.41, 5.74) is 0. The van der Waals surface area contributed by atoms with E-state index in [1.807, 2.05) is 6.08 Å². The fourth-order valence-corrected chi connectivity index (χ4v) is 1.68. The molecule has 0 radical (unpaired) electrons. The van der Waals surface area contributed by atoms with E-state index in [2.05, 4.69) is 25.7 Å². The number of hydrogen-bond acceptors (Lipinski definition) is 1. The van der Waals surface area contributed by atoms with E-state index in [4.69, 9.17) is 4.74 Å². The summed E-state index contributed by atoms with van der Waals surface area (Å²) in [6, 6.07) is 0. The molecule has 0 rings (SSSR count). The largest absolute Gasteiger partial charge is 0.377 e. The van der Waals surface area contributed by atoms with Gasteiger partial charge in [0.15, 0.2) is 0 Å². The highest BCUT2D eigenvalue weighted by atomic mass is 16.5. The third-order valence-electron chi connectivity index (χ3n) is 2.83. The van der Waals surface area contributed by atoms with E-state index in [1.54, 1.807) is 7.11 Å². The molecule has 0 heterocycles. The Kier molecular flexibility index (Phi) is 12.1. The van der Waals surface area contributed by atoms with Crippen LogP contribution in [0.3, 0.4) is 0 Å². The van der Waals surface area contributed by atoms with Crippen molar-refractivity contribution in [1.29, 1.82) is 0 Å². The summed E-state index contributed by atoms with van der Waals surface area (Å²) in [7, 11) is 1.73. The molecule has 0 amide bonds. The zero-order valence-corrected chi connectivity index (χ0v) is 11.1. The molecule has 0 aromatic rings. The first-order valence-corrected chi connectivity index (χ1v) is 6.65. The molecule has 1 heteroatoms. The smallest absolute Gasteiger partial charge is 0.0783 e. The molecule has 0 aliphatic rings. The number of ether oxygens (including phenoxy) is 1. The Hall–Kier alpha value is -0.560. The second-order valence-electron chi connectivity index (χ2n) is 4.27. The van der Waals surface area contributed by atoms with Gasteiger partial charge in [-0.25, -0.2) is 0 Å². The molecule has 16 heavy (non-hydrogen) atoms. The van der Waals surface area contributed by atoms with E-state index in [0.717, 1.165) is 6.42 Å². The maximum atomic E-state index is 5.20. The second kappa shape index (κ2) is 12.5. The summed E-state index contributed by atoms with van der Waals surface area (Å²) in [6.45, 7) is 5.99. The fraction of sp³-hybridized carbons (Fsp3) is 0.733. The van der Waals surface area contributed by atoms with Crippen LogP contribution in [0.4, 0.5) is 0 Å². The Labute approximate surface area is 102 Å². The van der Waals surface area contributed by atoms with Crippen LogP contribution in [0.2, 0.25) is 0 Å². The number of rotatable bonds is 11. The minimum absolute atomic E-state index is 0.181. The molecule has 0 saturated carbocycles. The molecular weight excluding hydrogens is 196 g/mol. The SMILES string of the molecule is C=CC(CC=CCCCCCCCC)OC. The molecule has 0 aromatic heterocycles. The van der Waals surface area contributed by atoms with Gasteiger partial charge >= 0.3 is 0 Å². The lowest BCUT2D eigenvalue weighted by atomic mass is 10.1. The van der Waals surface area contributed by atoms with Gasteiger partial charge in [-0.3, -0.25) is 0 Å². The average Bonchev–Trinajstić information content (AvgIpc) is 2.32. The van der Waals surface area contributed by atoms with Gasteiger partial charge in [0.05, 0.1) is 6.10 Å². The van der Waals surface area contributed by atoms with Crippen molar-refractivity contribution in [3.63, 3.8) is 0 Å². The summed E-state index contributed by atoms with van der Waals surface area (Å²) >= 11 is 0. The van der Waals surface area contributed by atoms with Gasteiger partial charge in [0.25, 0.3) is 0 Å². The molecule has 0 aliphatic heterocycles. The van der Waals surface area contributed by atoms with Gasteiger partial charge in [-0.2, -0.15) is 0 Å². The molecular formula is C15H28O. The summed E-state index contributed by atoms with van der Waals surface area (Å²) < 4.78 is 5.20. The molecule has 0 aliphatic carbocycles. The first kappa shape index (κ1) is 15.4. The average molecular weight is 224 g/mol. The predicted molar refractivity (Wildman–Crippen MR) is 72.7 cm³/mol. The Morgan fingerprint density at radius 3 is 2.38 bits per heavy atom. The Balaban J connectivity index is 3.24. The van der Waals surface area contributed by atoms with Crippen LogP contribution in [0, 0.1) is 0 Å². The third-order valence-corrected chi connectivity index (χ3v) is 2.83. The number of allylic oxidation sites excluding steroid dienone is 1. The standard InChI is InChI=1S/C15H28O/c1-4-6-7-8-9-10-11-12-13-14-15(5-2)16-3/h5,12-13,15H,2,4,6-11,14H2,1,3H3. The highest BCUT2D eigenvalue weighted by molar-refractivity contribution is 4.90. The van der Waals surface area contributed by atoms with Gasteiger partial charge in [-0.15, -0.1) is 6.58 Å². The van der Waals surface area contributed by atoms with Crippen LogP contribution in [0.5, 0.6) is 0 Å². The van der Waals surface area contributed by atoms with Gasteiger partial charge in [0, 0.05) is 7.11 Å². The second-order valence-corrected chi connectivity index (χ2v) is 4.27. The van der Waals surface area contributed by atoms with Gasteiger partial charge in [0.1, 0.15) is 0 Å². The molecule has 1 atom stereocenters. The maximum absolute atomic E-state index is 5.20. The van der Waals surface area contributed by atoms with Crippen LogP contribution >= 0.6 is 0 Å². The van der Waals surface area contributed by atoms with Crippen LogP contribution in [0.25, 0.3) is 0 Å². The first-order valence-electron chi connectivity index (χ1n) is 6.65. The maximum Gasteiger partial charge on any atom is 0.0783 e. The van der Waals surface area contributed by atoms with Crippen LogP contribution < -0.4 is 0 Å². The van der Waals surface area contributed by atoms with E-state index in [1.165, 1.54) is 44.9 Å². The van der Waals surface area contributed by atoms with Crippen molar-refractivity contribution in [3.05, 3.63) is 24.8 Å². The molecule has 0 N–H and O–H groups in total. The summed E-state index contributed by atoms with van der Waals surface area (Å²) in [6.07, 6.45) is 16.9. The van der Waals surface area contributed by atoms with Gasteiger partial charge < -0.3 is 4.74 Å². The highest BCUT2D eigenvalue weighted by Crippen LogP contribution is 2.08. The van der Waals surface area contributed by atoms with Crippen molar-refractivity contribution in [2.24, 2.45) is 0 Å². The predicted octanol–water partition coefficient (Wildman–Crippen LogP) is 4.88. The number of hydrogen-bond donors (Lipinski definition) is 0. The van der Waals surface area contributed by atoms with Crippen molar-refractivity contribution in [2.75, 3.05) is 7.11 Å². The summed E-state index contributed by atoms with van der Waals surface area (Å²) in [5.74, 6) is 0. The topological polar surface area (TPSA) is 9.23 Å². The van der Waals surface area contributed by atoms with E-state index >= 15 is 0 Å². The molecule has 0 aromatic carbocycles. The van der Waals surface area contributed by atoms with Gasteiger partial charge in [0.2, 0.25) is 0 Å². The van der Waals surface area contributed by atoms with Crippen LogP contribution in [0.1, 0.15) is 58.3 Å². The Morgan fingerprint density at radius 2 is 1.75 bits per heavy atom. The van der Waals surface area contributed by atoms with E-state index in [0.29, 0.717) is 0 Å². The molecule has 0 fully saturated rings. The Bertz CT molecular complexity index is 172. The van der Waals surface area contributed by atoms with Crippen molar-refractivity contribution in [3.8, 4) is 0 Å². The Morgan fingerprint density at radius 1 is 1.06 bits per heavy atom. The zero-order valence-electron chi connectivity index (χ0n) is 11.1. The zero-order chi connectivity index (χ0) is 12.1. The van der Waals surface area contributed by atoms with Crippen molar-refractivity contribution in [1.82, 2.24) is 0 Å². The lowest BCUT2D eigenvalue weighted by molar-refractivity contribution is 0.144. The minimum atomic E-state index is 0.181. The molecule has 1 unspecified atom stereocenters.